The monoisotopic (exact) mass is 450 g/mol. The molecule has 0 radical (unpaired) electrons. The highest BCUT2D eigenvalue weighted by Gasteiger charge is 2.29. The largest absolute Gasteiger partial charge is 0.488 e. The lowest BCUT2D eigenvalue weighted by Crippen LogP contribution is -2.49. The average Bonchev–Trinajstić information content (AvgIpc) is 3.45. The molecule has 0 spiro atoms. The fourth-order valence-electron chi connectivity index (χ4n) is 3.84. The molecule has 0 unspecified atom stereocenters. The van der Waals surface area contributed by atoms with Gasteiger partial charge in [0.05, 0.1) is 12.1 Å². The molecule has 1 aliphatic heterocycles. The number of aromatic nitrogens is 3. The van der Waals surface area contributed by atoms with E-state index >= 15 is 0 Å². The van der Waals surface area contributed by atoms with E-state index in [4.69, 9.17) is 14.0 Å². The quantitative estimate of drug-likeness (QED) is 0.423. The lowest BCUT2D eigenvalue weighted by molar-refractivity contribution is 0.0502. The van der Waals surface area contributed by atoms with E-state index in [1.165, 1.54) is 6.07 Å². The van der Waals surface area contributed by atoms with Crippen molar-refractivity contribution in [2.24, 2.45) is 0 Å². The van der Waals surface area contributed by atoms with Crippen molar-refractivity contribution in [3.8, 4) is 28.5 Å². The zero-order valence-electron chi connectivity index (χ0n) is 18.3. The first-order valence-electron chi connectivity index (χ1n) is 10.7. The normalized spacial score (nSPS) is 15.6. The molecule has 33 heavy (non-hydrogen) atoms. The van der Waals surface area contributed by atoms with Gasteiger partial charge >= 0.3 is 0 Å². The third kappa shape index (κ3) is 3.95. The Morgan fingerprint density at radius 2 is 2.06 bits per heavy atom. The number of hydrogen-bond acceptors (Lipinski definition) is 6. The molecule has 0 saturated carbocycles. The molecule has 4 aromatic rings. The van der Waals surface area contributed by atoms with E-state index in [-0.39, 0.29) is 24.3 Å². The average molecular weight is 450 g/mol. The predicted octanol–water partition coefficient (Wildman–Crippen LogP) is 4.28. The van der Waals surface area contributed by atoms with Gasteiger partial charge in [0.15, 0.2) is 17.3 Å². The van der Waals surface area contributed by atoms with Gasteiger partial charge in [0.25, 0.3) is 5.91 Å². The summed E-state index contributed by atoms with van der Waals surface area (Å²) in [6, 6.07) is 12.2. The van der Waals surface area contributed by atoms with E-state index in [0.29, 0.717) is 40.2 Å². The van der Waals surface area contributed by atoms with E-state index in [1.807, 2.05) is 24.0 Å². The Kier molecular flexibility index (Phi) is 5.55. The van der Waals surface area contributed by atoms with Gasteiger partial charge in [0.1, 0.15) is 18.0 Å². The second-order valence-electron chi connectivity index (χ2n) is 8.03. The van der Waals surface area contributed by atoms with Crippen LogP contribution in [-0.4, -0.2) is 59.1 Å². The number of carbonyl (C=O) groups excluding carboxylic acids is 1. The first-order valence-corrected chi connectivity index (χ1v) is 10.7. The van der Waals surface area contributed by atoms with E-state index < -0.39 is 5.82 Å². The standard InChI is InChI=1S/C24H23FN4O4/c1-14-7-8-29(14)24(30)16-5-3-15(4-6-16)19-12-22(33-28-19)23-17-11-18(25)21(32-10-9-31-2)13-20(17)26-27-23/h3-6,11-14H,7-10H2,1-2H3,(H,26,27)/t14-/m0/s1. The van der Waals surface area contributed by atoms with Crippen molar-refractivity contribution in [2.45, 2.75) is 19.4 Å². The van der Waals surface area contributed by atoms with Crippen LogP contribution in [-0.2, 0) is 4.74 Å². The number of carbonyl (C=O) groups is 1. The van der Waals surface area contributed by atoms with Crippen LogP contribution in [0.4, 0.5) is 4.39 Å². The number of likely N-dealkylation sites (tertiary alicyclic amines) is 1. The third-order valence-corrected chi connectivity index (χ3v) is 5.91. The summed E-state index contributed by atoms with van der Waals surface area (Å²) in [5.74, 6) is 0.0584. The van der Waals surface area contributed by atoms with Crippen LogP contribution in [0.1, 0.15) is 23.7 Å². The van der Waals surface area contributed by atoms with Crippen LogP contribution in [0.25, 0.3) is 33.6 Å². The maximum Gasteiger partial charge on any atom is 0.254 e. The third-order valence-electron chi connectivity index (χ3n) is 5.91. The Hall–Kier alpha value is -3.72. The summed E-state index contributed by atoms with van der Waals surface area (Å²) in [6.07, 6.45) is 1.04. The molecule has 1 aliphatic rings. The van der Waals surface area contributed by atoms with Crippen molar-refractivity contribution in [2.75, 3.05) is 26.9 Å². The molecule has 3 heterocycles. The predicted molar refractivity (Wildman–Crippen MR) is 119 cm³/mol. The number of H-pyrrole nitrogens is 1. The minimum absolute atomic E-state index is 0.0386. The fourth-order valence-corrected chi connectivity index (χ4v) is 3.84. The van der Waals surface area contributed by atoms with Gasteiger partial charge in [-0.3, -0.25) is 9.89 Å². The van der Waals surface area contributed by atoms with Gasteiger partial charge in [-0.2, -0.15) is 5.10 Å². The van der Waals surface area contributed by atoms with Crippen LogP contribution in [0.3, 0.4) is 0 Å². The van der Waals surface area contributed by atoms with E-state index in [1.54, 1.807) is 31.4 Å². The van der Waals surface area contributed by atoms with Crippen LogP contribution in [0.15, 0.2) is 47.0 Å². The zero-order valence-corrected chi connectivity index (χ0v) is 18.3. The van der Waals surface area contributed by atoms with E-state index in [9.17, 15) is 9.18 Å². The molecule has 1 amide bonds. The molecule has 1 saturated heterocycles. The number of hydrogen-bond donors (Lipinski definition) is 1. The van der Waals surface area contributed by atoms with Crippen LogP contribution in [0, 0.1) is 5.82 Å². The van der Waals surface area contributed by atoms with Crippen molar-refractivity contribution in [3.63, 3.8) is 0 Å². The summed E-state index contributed by atoms with van der Waals surface area (Å²) in [7, 11) is 1.55. The molecular weight excluding hydrogens is 427 g/mol. The Labute approximate surface area is 189 Å². The number of halogens is 1. The maximum atomic E-state index is 14.5. The van der Waals surface area contributed by atoms with Gasteiger partial charge in [0.2, 0.25) is 0 Å². The molecule has 0 bridgehead atoms. The van der Waals surface area contributed by atoms with Crippen molar-refractivity contribution in [3.05, 3.63) is 53.8 Å². The van der Waals surface area contributed by atoms with Crippen molar-refractivity contribution < 1.29 is 23.2 Å². The second-order valence-corrected chi connectivity index (χ2v) is 8.03. The first-order chi connectivity index (χ1) is 16.0. The molecule has 1 fully saturated rings. The number of amides is 1. The summed E-state index contributed by atoms with van der Waals surface area (Å²) >= 11 is 0. The highest BCUT2D eigenvalue weighted by molar-refractivity contribution is 5.95. The molecule has 2 aromatic heterocycles. The van der Waals surface area contributed by atoms with E-state index in [0.717, 1.165) is 18.5 Å². The van der Waals surface area contributed by atoms with Crippen LogP contribution < -0.4 is 4.74 Å². The van der Waals surface area contributed by atoms with E-state index in [2.05, 4.69) is 15.4 Å². The fraction of sp³-hybridized carbons (Fsp3) is 0.292. The Morgan fingerprint density at radius 1 is 1.24 bits per heavy atom. The maximum absolute atomic E-state index is 14.5. The number of aromatic amines is 1. The highest BCUT2D eigenvalue weighted by Crippen LogP contribution is 2.33. The smallest absolute Gasteiger partial charge is 0.254 e. The number of fused-ring (bicyclic) bond motifs is 1. The summed E-state index contributed by atoms with van der Waals surface area (Å²) in [5, 5.41) is 11.8. The minimum atomic E-state index is -0.502. The number of ether oxygens (including phenoxy) is 2. The molecular formula is C24H23FN4O4. The SMILES string of the molecule is COCCOc1cc2[nH]nc(-c3cc(-c4ccc(C(=O)N5CC[C@@H]5C)cc4)no3)c2cc1F. The Bertz CT molecular complexity index is 1300. The number of methoxy groups -OCH3 is 1. The number of rotatable bonds is 7. The Morgan fingerprint density at radius 3 is 2.76 bits per heavy atom. The molecule has 170 valence electrons. The van der Waals surface area contributed by atoms with Crippen molar-refractivity contribution in [1.82, 2.24) is 20.3 Å². The van der Waals surface area contributed by atoms with Gasteiger partial charge in [0, 0.05) is 48.3 Å². The molecule has 1 atom stereocenters. The number of benzene rings is 2. The topological polar surface area (TPSA) is 93.5 Å². The first kappa shape index (κ1) is 21.1. The number of nitrogens with zero attached hydrogens (tertiary/aromatic N) is 3. The lowest BCUT2D eigenvalue weighted by Gasteiger charge is -2.38. The van der Waals surface area contributed by atoms with Gasteiger partial charge < -0.3 is 18.9 Å². The van der Waals surface area contributed by atoms with Crippen molar-refractivity contribution in [1.29, 1.82) is 0 Å². The Balaban J connectivity index is 1.37. The van der Waals surface area contributed by atoms with Gasteiger partial charge in [-0.15, -0.1) is 0 Å². The second kappa shape index (κ2) is 8.67. The van der Waals surface area contributed by atoms with Gasteiger partial charge in [-0.05, 0) is 31.5 Å². The molecule has 2 aromatic carbocycles. The molecule has 5 rings (SSSR count). The zero-order chi connectivity index (χ0) is 22.9. The molecule has 0 aliphatic carbocycles. The van der Waals surface area contributed by atoms with Gasteiger partial charge in [-0.25, -0.2) is 4.39 Å². The molecule has 1 N–H and O–H groups in total. The van der Waals surface area contributed by atoms with Crippen LogP contribution >= 0.6 is 0 Å². The van der Waals surface area contributed by atoms with Crippen molar-refractivity contribution >= 4 is 16.8 Å². The summed E-state index contributed by atoms with van der Waals surface area (Å²) < 4.78 is 30.4. The number of nitrogens with one attached hydrogen (secondary N) is 1. The minimum Gasteiger partial charge on any atom is -0.488 e. The van der Waals surface area contributed by atoms with Crippen LogP contribution in [0.5, 0.6) is 5.75 Å². The highest BCUT2D eigenvalue weighted by atomic mass is 19.1. The summed E-state index contributed by atoms with van der Waals surface area (Å²) in [4.78, 5) is 14.4. The summed E-state index contributed by atoms with van der Waals surface area (Å²) in [5.41, 5.74) is 3.10. The lowest BCUT2D eigenvalue weighted by atomic mass is 10.0. The summed E-state index contributed by atoms with van der Waals surface area (Å²) in [6.45, 7) is 3.45. The molecule has 9 heteroatoms. The molecule has 8 nitrogen and oxygen atoms in total. The van der Waals surface area contributed by atoms with Crippen LogP contribution in [0.2, 0.25) is 0 Å². The van der Waals surface area contributed by atoms with Gasteiger partial charge in [-0.1, -0.05) is 17.3 Å².